The molecule has 1 saturated heterocycles. The number of amides is 1. The Morgan fingerprint density at radius 1 is 1.23 bits per heavy atom. The number of carbonyl (C=O) groups is 1. The second-order valence-electron chi connectivity index (χ2n) is 9.66. The Bertz CT molecular complexity index is 1290. The second-order valence-corrected chi connectivity index (χ2v) is 9.66. The Morgan fingerprint density at radius 2 is 2.14 bits per heavy atom. The summed E-state index contributed by atoms with van der Waals surface area (Å²) in [6.45, 7) is 4.83. The lowest BCUT2D eigenvalue weighted by molar-refractivity contribution is 0.0950. The maximum Gasteiger partial charge on any atom is 0.251 e. The van der Waals surface area contributed by atoms with Crippen molar-refractivity contribution >= 4 is 22.9 Å². The molecule has 2 fully saturated rings. The van der Waals surface area contributed by atoms with E-state index < -0.39 is 0 Å². The molecule has 1 aromatic carbocycles. The quantitative estimate of drug-likeness (QED) is 0.539. The molecule has 35 heavy (non-hydrogen) atoms. The first kappa shape index (κ1) is 22.2. The highest BCUT2D eigenvalue weighted by Gasteiger charge is 2.25. The van der Waals surface area contributed by atoms with Crippen LogP contribution in [-0.4, -0.2) is 58.8 Å². The molecule has 1 aliphatic carbocycles. The van der Waals surface area contributed by atoms with Crippen LogP contribution in [0.1, 0.15) is 53.7 Å². The molecule has 2 aliphatic heterocycles. The number of hydrogen-bond donors (Lipinski definition) is 2. The molecule has 3 aromatic rings. The number of rotatable bonds is 7. The van der Waals surface area contributed by atoms with Gasteiger partial charge in [0, 0.05) is 36.5 Å². The van der Waals surface area contributed by atoms with Crippen molar-refractivity contribution in [2.24, 2.45) is 0 Å². The lowest BCUT2D eigenvalue weighted by Gasteiger charge is -2.17. The van der Waals surface area contributed by atoms with Gasteiger partial charge in [-0.1, -0.05) is 12.1 Å². The molecule has 0 radical (unpaired) electrons. The predicted octanol–water partition coefficient (Wildman–Crippen LogP) is 3.99. The van der Waals surface area contributed by atoms with E-state index in [1.165, 1.54) is 5.57 Å². The fraction of sp³-hybridized carbons (Fsp3) is 0.444. The molecular weight excluding hydrogens is 442 g/mol. The molecule has 1 unspecified atom stereocenters. The minimum absolute atomic E-state index is 0.00764. The van der Waals surface area contributed by atoms with Crippen LogP contribution in [0.15, 0.2) is 36.7 Å². The third-order valence-corrected chi connectivity index (χ3v) is 6.99. The van der Waals surface area contributed by atoms with E-state index in [1.807, 2.05) is 25.3 Å². The van der Waals surface area contributed by atoms with Crippen LogP contribution in [0.5, 0.6) is 0 Å². The summed E-state index contributed by atoms with van der Waals surface area (Å²) in [6.07, 6.45) is 11.4. The van der Waals surface area contributed by atoms with Gasteiger partial charge >= 0.3 is 0 Å². The van der Waals surface area contributed by atoms with Crippen LogP contribution in [0.3, 0.4) is 0 Å². The molecule has 1 saturated carbocycles. The van der Waals surface area contributed by atoms with Gasteiger partial charge in [0.05, 0.1) is 36.9 Å². The Balaban J connectivity index is 1.37. The van der Waals surface area contributed by atoms with Gasteiger partial charge in [-0.2, -0.15) is 0 Å². The van der Waals surface area contributed by atoms with Gasteiger partial charge in [0.25, 0.3) is 5.91 Å². The van der Waals surface area contributed by atoms with Crippen LogP contribution < -0.4 is 10.6 Å². The average Bonchev–Trinajstić information content (AvgIpc) is 3.35. The number of aromatic nitrogens is 3. The van der Waals surface area contributed by atoms with Crippen LogP contribution in [0.4, 0.5) is 5.82 Å². The maximum atomic E-state index is 12.6. The standard InChI is InChI=1S/C27H31N5O3/c1-17-13-19(4-7-22(17)27(33)30-20-5-6-20)24-15-29-26-25(28-14-21-3-2-10-35-21)31-23(16-32(24)26)18-8-11-34-12-9-18/h4,7-8,13,15-16,20-21H,2-3,5-6,9-12,14H2,1H3,(H,28,31)(H,30,33). The zero-order valence-electron chi connectivity index (χ0n) is 20.0. The number of benzene rings is 1. The summed E-state index contributed by atoms with van der Waals surface area (Å²) in [7, 11) is 0. The van der Waals surface area contributed by atoms with Crippen molar-refractivity contribution in [3.63, 3.8) is 0 Å². The van der Waals surface area contributed by atoms with Crippen LogP contribution in [0.25, 0.3) is 22.5 Å². The highest BCUT2D eigenvalue weighted by atomic mass is 16.5. The van der Waals surface area contributed by atoms with Crippen LogP contribution >= 0.6 is 0 Å². The summed E-state index contributed by atoms with van der Waals surface area (Å²) in [4.78, 5) is 22.3. The topological polar surface area (TPSA) is 89.8 Å². The first-order valence-corrected chi connectivity index (χ1v) is 12.6. The van der Waals surface area contributed by atoms with Gasteiger partial charge in [-0.15, -0.1) is 0 Å². The third kappa shape index (κ3) is 4.68. The van der Waals surface area contributed by atoms with Gasteiger partial charge in [0.15, 0.2) is 11.5 Å². The van der Waals surface area contributed by atoms with Crippen LogP contribution in [0.2, 0.25) is 0 Å². The van der Waals surface area contributed by atoms with Crippen LogP contribution in [0, 0.1) is 6.92 Å². The molecule has 8 heteroatoms. The molecule has 2 aromatic heterocycles. The number of aryl methyl sites for hydroxylation is 1. The number of fused-ring (bicyclic) bond motifs is 1. The highest BCUT2D eigenvalue weighted by molar-refractivity contribution is 5.96. The first-order chi connectivity index (χ1) is 17.2. The summed E-state index contributed by atoms with van der Waals surface area (Å²) in [5.74, 6) is 0.766. The lowest BCUT2D eigenvalue weighted by Crippen LogP contribution is -2.26. The number of ether oxygens (including phenoxy) is 2. The fourth-order valence-electron chi connectivity index (χ4n) is 4.82. The number of hydrogen-bond acceptors (Lipinski definition) is 6. The van der Waals surface area contributed by atoms with Crippen molar-refractivity contribution in [3.05, 3.63) is 53.5 Å². The average molecular weight is 474 g/mol. The normalized spacial score (nSPS) is 20.1. The van der Waals surface area contributed by atoms with Crippen molar-refractivity contribution in [2.45, 2.75) is 51.2 Å². The summed E-state index contributed by atoms with van der Waals surface area (Å²) in [6, 6.07) is 6.33. The maximum absolute atomic E-state index is 12.6. The molecule has 0 bridgehead atoms. The van der Waals surface area contributed by atoms with Crippen molar-refractivity contribution in [1.29, 1.82) is 0 Å². The zero-order chi connectivity index (χ0) is 23.8. The van der Waals surface area contributed by atoms with Crippen molar-refractivity contribution in [3.8, 4) is 11.3 Å². The number of nitrogens with one attached hydrogen (secondary N) is 2. The van der Waals surface area contributed by atoms with E-state index >= 15 is 0 Å². The number of imidazole rings is 1. The van der Waals surface area contributed by atoms with Crippen molar-refractivity contribution in [2.75, 3.05) is 31.7 Å². The number of carbonyl (C=O) groups excluding carboxylic acids is 1. The molecule has 182 valence electrons. The van der Waals surface area contributed by atoms with E-state index in [9.17, 15) is 4.79 Å². The molecule has 1 amide bonds. The monoisotopic (exact) mass is 473 g/mol. The van der Waals surface area contributed by atoms with Gasteiger partial charge in [-0.05, 0) is 62.3 Å². The van der Waals surface area contributed by atoms with E-state index in [0.717, 1.165) is 78.3 Å². The Kier molecular flexibility index (Phi) is 6.00. The van der Waals surface area contributed by atoms with Crippen LogP contribution in [-0.2, 0) is 9.47 Å². The number of nitrogens with zero attached hydrogens (tertiary/aromatic N) is 3. The van der Waals surface area contributed by atoms with E-state index in [4.69, 9.17) is 19.4 Å². The SMILES string of the molecule is Cc1cc(-c2cnc3c(NCC4CCCO4)nc(C4=CCOCC4)cn23)ccc1C(=O)NC1CC1. The van der Waals surface area contributed by atoms with Crippen molar-refractivity contribution < 1.29 is 14.3 Å². The molecule has 3 aliphatic rings. The van der Waals surface area contributed by atoms with Gasteiger partial charge < -0.3 is 20.1 Å². The number of anilines is 1. The largest absolute Gasteiger partial charge is 0.377 e. The predicted molar refractivity (Wildman–Crippen MR) is 135 cm³/mol. The highest BCUT2D eigenvalue weighted by Crippen LogP contribution is 2.29. The smallest absolute Gasteiger partial charge is 0.251 e. The summed E-state index contributed by atoms with van der Waals surface area (Å²) < 4.78 is 13.4. The van der Waals surface area contributed by atoms with E-state index in [1.54, 1.807) is 0 Å². The Labute approximate surface area is 204 Å². The molecule has 1 atom stereocenters. The van der Waals surface area contributed by atoms with E-state index in [-0.39, 0.29) is 12.0 Å². The van der Waals surface area contributed by atoms with Crippen molar-refractivity contribution in [1.82, 2.24) is 19.7 Å². The molecule has 0 spiro atoms. The molecule has 8 nitrogen and oxygen atoms in total. The Hall–Kier alpha value is -3.23. The van der Waals surface area contributed by atoms with E-state index in [2.05, 4.69) is 33.4 Å². The first-order valence-electron chi connectivity index (χ1n) is 12.6. The van der Waals surface area contributed by atoms with E-state index in [0.29, 0.717) is 25.8 Å². The van der Waals surface area contributed by atoms with Gasteiger partial charge in [0.1, 0.15) is 0 Å². The molecule has 4 heterocycles. The summed E-state index contributed by atoms with van der Waals surface area (Å²) >= 11 is 0. The minimum atomic E-state index is 0.00764. The molecular formula is C27H31N5O3. The lowest BCUT2D eigenvalue weighted by atomic mass is 10.0. The summed E-state index contributed by atoms with van der Waals surface area (Å²) in [5, 5.41) is 6.59. The molecule has 6 rings (SSSR count). The zero-order valence-corrected chi connectivity index (χ0v) is 20.0. The van der Waals surface area contributed by atoms with Gasteiger partial charge in [0.2, 0.25) is 0 Å². The van der Waals surface area contributed by atoms with Gasteiger partial charge in [-0.3, -0.25) is 9.20 Å². The van der Waals surface area contributed by atoms with Gasteiger partial charge in [-0.25, -0.2) is 9.97 Å². The minimum Gasteiger partial charge on any atom is -0.377 e. The fourth-order valence-corrected chi connectivity index (χ4v) is 4.82. The summed E-state index contributed by atoms with van der Waals surface area (Å²) in [5.41, 5.74) is 6.54. The Morgan fingerprint density at radius 3 is 2.89 bits per heavy atom. The third-order valence-electron chi connectivity index (χ3n) is 6.99. The molecule has 2 N–H and O–H groups in total. The second kappa shape index (κ2) is 9.43.